The van der Waals surface area contributed by atoms with Crippen molar-refractivity contribution in [1.29, 1.82) is 0 Å². The zero-order valence-electron chi connectivity index (χ0n) is 12.6. The number of hydrogen-bond acceptors (Lipinski definition) is 3. The Morgan fingerprint density at radius 1 is 0.783 bits per heavy atom. The van der Waals surface area contributed by atoms with E-state index in [-0.39, 0.29) is 0 Å². The minimum Gasteiger partial charge on any atom is -0.493 e. The lowest BCUT2D eigenvalue weighted by molar-refractivity contribution is 0.245. The average molecular weight is 324 g/mol. The van der Waals surface area contributed by atoms with E-state index in [0.29, 0.717) is 24.3 Å². The predicted octanol–water partition coefficient (Wildman–Crippen LogP) is 3.87. The fourth-order valence-corrected chi connectivity index (χ4v) is 5.43. The number of hydrogen-bond donors (Lipinski definition) is 0. The van der Waals surface area contributed by atoms with Crippen LogP contribution in [0.1, 0.15) is 6.42 Å². The monoisotopic (exact) mass is 324 g/mol. The third kappa shape index (κ3) is 2.46. The van der Waals surface area contributed by atoms with Gasteiger partial charge in [-0.05, 0) is 29.0 Å². The second kappa shape index (κ2) is 5.84. The molecule has 1 heterocycles. The number of fused-ring (bicyclic) bond motifs is 2. The Hall–Kier alpha value is -2.09. The molecule has 116 valence electrons. The molecule has 0 saturated heterocycles. The van der Waals surface area contributed by atoms with Gasteiger partial charge in [-0.25, -0.2) is 0 Å². The summed E-state index contributed by atoms with van der Waals surface area (Å²) in [4.78, 5) is 0. The first-order valence-corrected chi connectivity index (χ1v) is 9.37. The highest BCUT2D eigenvalue weighted by Crippen LogP contribution is 2.49. The van der Waals surface area contributed by atoms with Crippen LogP contribution in [0, 0.1) is 0 Å². The van der Waals surface area contributed by atoms with Gasteiger partial charge in [0.15, 0.2) is 0 Å². The van der Waals surface area contributed by atoms with Crippen LogP contribution in [-0.4, -0.2) is 13.2 Å². The Morgan fingerprint density at radius 3 is 2.48 bits per heavy atom. The van der Waals surface area contributed by atoms with Gasteiger partial charge in [0.05, 0.1) is 18.5 Å². The van der Waals surface area contributed by atoms with Gasteiger partial charge in [0.25, 0.3) is 7.37 Å². The van der Waals surface area contributed by atoms with Gasteiger partial charge in [-0.3, -0.25) is 4.57 Å². The number of para-hydroxylation sites is 1. The molecule has 0 N–H and O–H groups in total. The lowest BCUT2D eigenvalue weighted by Crippen LogP contribution is -2.24. The molecule has 0 unspecified atom stereocenters. The van der Waals surface area contributed by atoms with Gasteiger partial charge < -0.3 is 9.26 Å². The van der Waals surface area contributed by atoms with Crippen molar-refractivity contribution in [3.63, 3.8) is 0 Å². The normalized spacial score (nSPS) is 21.0. The third-order valence-electron chi connectivity index (χ3n) is 4.09. The van der Waals surface area contributed by atoms with Crippen LogP contribution >= 0.6 is 7.37 Å². The molecule has 0 radical (unpaired) electrons. The summed E-state index contributed by atoms with van der Waals surface area (Å²) in [7, 11) is -3.20. The maximum atomic E-state index is 13.9. The van der Waals surface area contributed by atoms with Crippen LogP contribution in [0.4, 0.5) is 0 Å². The first-order chi connectivity index (χ1) is 11.3. The van der Waals surface area contributed by atoms with E-state index in [4.69, 9.17) is 9.26 Å². The van der Waals surface area contributed by atoms with E-state index >= 15 is 0 Å². The molecular formula is C19H17O3P. The third-order valence-corrected chi connectivity index (χ3v) is 6.66. The molecule has 3 aromatic carbocycles. The summed E-state index contributed by atoms with van der Waals surface area (Å²) in [5.74, 6) is 0.656. The highest BCUT2D eigenvalue weighted by molar-refractivity contribution is 7.75. The minimum absolute atomic E-state index is 0.425. The van der Waals surface area contributed by atoms with Crippen molar-refractivity contribution in [2.75, 3.05) is 13.2 Å². The molecule has 0 saturated carbocycles. The molecular weight excluding hydrogens is 307 g/mol. The highest BCUT2D eigenvalue weighted by Gasteiger charge is 2.34. The van der Waals surface area contributed by atoms with E-state index in [9.17, 15) is 4.57 Å². The van der Waals surface area contributed by atoms with Gasteiger partial charge >= 0.3 is 0 Å². The largest absolute Gasteiger partial charge is 0.493 e. The first kappa shape index (κ1) is 14.5. The SMILES string of the molecule is O=[P@]1(c2cccc3ccccc23)OCCCOc2ccccc21. The summed E-state index contributed by atoms with van der Waals surface area (Å²) in [6.07, 6.45) is 0.725. The summed E-state index contributed by atoms with van der Waals surface area (Å²) in [5.41, 5.74) is 0. The molecule has 1 aliphatic rings. The zero-order valence-corrected chi connectivity index (χ0v) is 13.5. The predicted molar refractivity (Wildman–Crippen MR) is 93.3 cm³/mol. The van der Waals surface area contributed by atoms with E-state index in [1.54, 1.807) is 0 Å². The summed E-state index contributed by atoms with van der Waals surface area (Å²) >= 11 is 0. The Kier molecular flexibility index (Phi) is 3.68. The molecule has 23 heavy (non-hydrogen) atoms. The number of ether oxygens (including phenoxy) is 1. The second-order valence-corrected chi connectivity index (χ2v) is 7.88. The summed E-state index contributed by atoms with van der Waals surface area (Å²) in [5, 5.41) is 3.42. The van der Waals surface area contributed by atoms with Crippen LogP contribution in [0.25, 0.3) is 10.8 Å². The van der Waals surface area contributed by atoms with E-state index < -0.39 is 7.37 Å². The molecule has 0 aromatic heterocycles. The van der Waals surface area contributed by atoms with Crippen molar-refractivity contribution in [3.8, 4) is 5.75 Å². The quantitative estimate of drug-likeness (QED) is 0.638. The lowest BCUT2D eigenvalue weighted by Gasteiger charge is -2.25. The fraction of sp³-hybridized carbons (Fsp3) is 0.158. The average Bonchev–Trinajstić information content (AvgIpc) is 2.59. The smallest absolute Gasteiger partial charge is 0.265 e. The molecule has 4 heteroatoms. The zero-order chi connectivity index (χ0) is 15.7. The summed E-state index contributed by atoms with van der Waals surface area (Å²) < 4.78 is 25.7. The second-order valence-electron chi connectivity index (χ2n) is 5.55. The van der Waals surface area contributed by atoms with Crippen LogP contribution in [0.2, 0.25) is 0 Å². The minimum atomic E-state index is -3.20. The molecule has 3 nitrogen and oxygen atoms in total. The summed E-state index contributed by atoms with van der Waals surface area (Å²) in [6.45, 7) is 1.00. The fourth-order valence-electron chi connectivity index (χ4n) is 2.99. The van der Waals surface area contributed by atoms with Crippen LogP contribution in [-0.2, 0) is 9.09 Å². The maximum Gasteiger partial charge on any atom is 0.265 e. The molecule has 1 atom stereocenters. The molecule has 0 aliphatic carbocycles. The van der Waals surface area contributed by atoms with Gasteiger partial charge in [0, 0.05) is 11.7 Å². The first-order valence-electron chi connectivity index (χ1n) is 7.74. The van der Waals surface area contributed by atoms with Crippen molar-refractivity contribution >= 4 is 28.8 Å². The standard InChI is InChI=1S/C19H17O3P/c20-23(18-12-5-8-15-7-1-2-9-16(15)18)19-11-4-3-10-17(19)21-13-6-14-22-23/h1-5,7-12H,6,13-14H2/t23-/m1/s1. The highest BCUT2D eigenvalue weighted by atomic mass is 31.2. The van der Waals surface area contributed by atoms with Gasteiger partial charge in [0.2, 0.25) is 0 Å². The lowest BCUT2D eigenvalue weighted by atomic mass is 10.1. The Labute approximate surface area is 135 Å². The van der Waals surface area contributed by atoms with Gasteiger partial charge in [-0.1, -0.05) is 48.5 Å². The molecule has 0 spiro atoms. The van der Waals surface area contributed by atoms with Crippen LogP contribution < -0.4 is 15.3 Å². The molecule has 1 aliphatic heterocycles. The molecule has 4 rings (SSSR count). The molecule has 3 aromatic rings. The van der Waals surface area contributed by atoms with Crippen molar-refractivity contribution in [2.24, 2.45) is 0 Å². The number of benzene rings is 3. The van der Waals surface area contributed by atoms with Gasteiger partial charge in [-0.15, -0.1) is 0 Å². The summed E-state index contributed by atoms with van der Waals surface area (Å²) in [6, 6.07) is 21.3. The van der Waals surface area contributed by atoms with Crippen LogP contribution in [0.3, 0.4) is 0 Å². The number of rotatable bonds is 1. The van der Waals surface area contributed by atoms with Gasteiger partial charge in [0.1, 0.15) is 5.75 Å². The van der Waals surface area contributed by atoms with Crippen molar-refractivity contribution < 1.29 is 13.8 Å². The Morgan fingerprint density at radius 2 is 1.52 bits per heavy atom. The van der Waals surface area contributed by atoms with Crippen LogP contribution in [0.5, 0.6) is 5.75 Å². The molecule has 0 amide bonds. The van der Waals surface area contributed by atoms with E-state index in [2.05, 4.69) is 0 Å². The van der Waals surface area contributed by atoms with Crippen LogP contribution in [0.15, 0.2) is 66.7 Å². The van der Waals surface area contributed by atoms with Crippen molar-refractivity contribution in [1.82, 2.24) is 0 Å². The van der Waals surface area contributed by atoms with Crippen molar-refractivity contribution in [3.05, 3.63) is 66.7 Å². The Bertz CT molecular complexity index is 899. The Balaban J connectivity index is 2.01. The topological polar surface area (TPSA) is 35.5 Å². The molecule has 0 fully saturated rings. The van der Waals surface area contributed by atoms with E-state index in [1.807, 2.05) is 66.7 Å². The van der Waals surface area contributed by atoms with Crippen molar-refractivity contribution in [2.45, 2.75) is 6.42 Å². The molecule has 0 bridgehead atoms. The van der Waals surface area contributed by atoms with Gasteiger partial charge in [-0.2, -0.15) is 0 Å². The van der Waals surface area contributed by atoms with E-state index in [0.717, 1.165) is 22.5 Å². The van der Waals surface area contributed by atoms with E-state index in [1.165, 1.54) is 0 Å². The maximum absolute atomic E-state index is 13.9.